The summed E-state index contributed by atoms with van der Waals surface area (Å²) in [6.07, 6.45) is 0. The van der Waals surface area contributed by atoms with Gasteiger partial charge in [0.2, 0.25) is 0 Å². The predicted octanol–water partition coefficient (Wildman–Crippen LogP) is 4.66. The molecule has 1 N–H and O–H groups in total. The van der Waals surface area contributed by atoms with Gasteiger partial charge < -0.3 is 10.1 Å². The van der Waals surface area contributed by atoms with E-state index >= 15 is 0 Å². The topological polar surface area (TPSA) is 21.3 Å². The zero-order chi connectivity index (χ0) is 13.5. The molecule has 0 aliphatic rings. The maximum absolute atomic E-state index is 5.33. The molecule has 4 heteroatoms. The lowest BCUT2D eigenvalue weighted by molar-refractivity contribution is 0.405. The van der Waals surface area contributed by atoms with Crippen LogP contribution < -0.4 is 10.1 Å². The van der Waals surface area contributed by atoms with E-state index in [1.165, 1.54) is 4.90 Å². The normalized spacial score (nSPS) is 10.2. The van der Waals surface area contributed by atoms with Crippen LogP contribution in [0.4, 0.5) is 5.69 Å². The van der Waals surface area contributed by atoms with Crippen molar-refractivity contribution >= 4 is 33.4 Å². The summed E-state index contributed by atoms with van der Waals surface area (Å²) in [5.41, 5.74) is 1.14. The largest absolute Gasteiger partial charge is 0.496 e. The Bertz CT molecular complexity index is 516. The number of hydrogen-bond donors (Lipinski definition) is 1. The second-order valence-corrected chi connectivity index (χ2v) is 5.99. The Morgan fingerprint density at radius 3 is 2.58 bits per heavy atom. The number of anilines is 1. The standard InChI is InChI=1S/C15H16BrNOS/c1-18-14-4-2-3-5-15(14)19-11-10-17-13-8-6-12(16)7-9-13/h2-9,17H,10-11H2,1H3. The Balaban J connectivity index is 1.79. The molecule has 100 valence electrons. The minimum atomic E-state index is 0.921. The summed E-state index contributed by atoms with van der Waals surface area (Å²) in [6.45, 7) is 0.921. The van der Waals surface area contributed by atoms with Crippen molar-refractivity contribution < 1.29 is 4.74 Å². The average molecular weight is 338 g/mol. The Morgan fingerprint density at radius 2 is 1.84 bits per heavy atom. The van der Waals surface area contributed by atoms with Gasteiger partial charge in [0, 0.05) is 27.4 Å². The van der Waals surface area contributed by atoms with Crippen LogP contribution >= 0.6 is 27.7 Å². The maximum Gasteiger partial charge on any atom is 0.132 e. The van der Waals surface area contributed by atoms with Crippen LogP contribution in [-0.4, -0.2) is 19.4 Å². The predicted molar refractivity (Wildman–Crippen MR) is 86.3 cm³/mol. The number of hydrogen-bond acceptors (Lipinski definition) is 3. The van der Waals surface area contributed by atoms with E-state index in [2.05, 4.69) is 39.4 Å². The first-order valence-corrected chi connectivity index (χ1v) is 7.83. The number of para-hydroxylation sites is 1. The van der Waals surface area contributed by atoms with Gasteiger partial charge in [0.05, 0.1) is 7.11 Å². The smallest absolute Gasteiger partial charge is 0.132 e. The van der Waals surface area contributed by atoms with Crippen molar-refractivity contribution in [2.75, 3.05) is 24.7 Å². The summed E-state index contributed by atoms with van der Waals surface area (Å²) >= 11 is 5.23. The van der Waals surface area contributed by atoms with E-state index < -0.39 is 0 Å². The van der Waals surface area contributed by atoms with Crippen molar-refractivity contribution in [3.8, 4) is 5.75 Å². The van der Waals surface area contributed by atoms with Gasteiger partial charge in [0.25, 0.3) is 0 Å². The molecule has 0 spiro atoms. The van der Waals surface area contributed by atoms with Crippen molar-refractivity contribution in [2.45, 2.75) is 4.90 Å². The van der Waals surface area contributed by atoms with Crippen molar-refractivity contribution in [3.63, 3.8) is 0 Å². The number of benzene rings is 2. The van der Waals surface area contributed by atoms with E-state index in [1.54, 1.807) is 18.9 Å². The van der Waals surface area contributed by atoms with E-state index in [0.29, 0.717) is 0 Å². The molecular weight excluding hydrogens is 322 g/mol. The monoisotopic (exact) mass is 337 g/mol. The highest BCUT2D eigenvalue weighted by Crippen LogP contribution is 2.28. The third-order valence-corrected chi connectivity index (χ3v) is 4.19. The van der Waals surface area contributed by atoms with E-state index in [9.17, 15) is 0 Å². The van der Waals surface area contributed by atoms with Crippen molar-refractivity contribution in [3.05, 3.63) is 53.0 Å². The summed E-state index contributed by atoms with van der Waals surface area (Å²) in [7, 11) is 1.71. The molecule has 0 radical (unpaired) electrons. The van der Waals surface area contributed by atoms with Crippen LogP contribution in [0.3, 0.4) is 0 Å². The SMILES string of the molecule is COc1ccccc1SCCNc1ccc(Br)cc1. The average Bonchev–Trinajstić information content (AvgIpc) is 2.46. The van der Waals surface area contributed by atoms with Gasteiger partial charge in [0.1, 0.15) is 5.75 Å². The zero-order valence-corrected chi connectivity index (χ0v) is 13.1. The lowest BCUT2D eigenvalue weighted by Gasteiger charge is -2.09. The molecule has 0 fully saturated rings. The van der Waals surface area contributed by atoms with Crippen LogP contribution in [0.15, 0.2) is 57.9 Å². The Morgan fingerprint density at radius 1 is 1.11 bits per heavy atom. The first kappa shape index (κ1) is 14.3. The number of rotatable bonds is 6. The van der Waals surface area contributed by atoms with Gasteiger partial charge in [-0.3, -0.25) is 0 Å². The fraction of sp³-hybridized carbons (Fsp3) is 0.200. The molecule has 0 saturated carbocycles. The highest BCUT2D eigenvalue weighted by molar-refractivity contribution is 9.10. The molecule has 0 saturated heterocycles. The Labute approximate surface area is 126 Å². The van der Waals surface area contributed by atoms with Crippen LogP contribution in [-0.2, 0) is 0 Å². The third kappa shape index (κ3) is 4.48. The highest BCUT2D eigenvalue weighted by Gasteiger charge is 2.01. The van der Waals surface area contributed by atoms with Gasteiger partial charge in [0.15, 0.2) is 0 Å². The molecule has 0 amide bonds. The molecule has 0 aliphatic heterocycles. The first-order chi connectivity index (χ1) is 9.29. The lowest BCUT2D eigenvalue weighted by Crippen LogP contribution is -2.03. The third-order valence-electron chi connectivity index (χ3n) is 2.60. The molecule has 0 heterocycles. The van der Waals surface area contributed by atoms with Gasteiger partial charge in [-0.25, -0.2) is 0 Å². The van der Waals surface area contributed by atoms with Crippen molar-refractivity contribution in [2.24, 2.45) is 0 Å². The quantitative estimate of drug-likeness (QED) is 0.611. The minimum absolute atomic E-state index is 0.921. The summed E-state index contributed by atoms with van der Waals surface area (Å²) in [6, 6.07) is 16.3. The molecule has 2 aromatic carbocycles. The fourth-order valence-electron chi connectivity index (χ4n) is 1.66. The second kappa shape index (κ2) is 7.46. The van der Waals surface area contributed by atoms with Crippen LogP contribution in [0.25, 0.3) is 0 Å². The Hall–Kier alpha value is -1.13. The molecular formula is C15H16BrNOS. The van der Waals surface area contributed by atoms with E-state index in [0.717, 1.165) is 28.2 Å². The number of ether oxygens (including phenoxy) is 1. The van der Waals surface area contributed by atoms with Crippen LogP contribution in [0.2, 0.25) is 0 Å². The van der Waals surface area contributed by atoms with Crippen molar-refractivity contribution in [1.82, 2.24) is 0 Å². The summed E-state index contributed by atoms with van der Waals surface area (Å²) in [5.74, 6) is 1.94. The van der Waals surface area contributed by atoms with Crippen molar-refractivity contribution in [1.29, 1.82) is 0 Å². The van der Waals surface area contributed by atoms with Gasteiger partial charge in [-0.05, 0) is 36.4 Å². The van der Waals surface area contributed by atoms with Crippen LogP contribution in [0.5, 0.6) is 5.75 Å². The molecule has 0 aromatic heterocycles. The van der Waals surface area contributed by atoms with Gasteiger partial charge in [-0.15, -0.1) is 11.8 Å². The van der Waals surface area contributed by atoms with Crippen LogP contribution in [0, 0.1) is 0 Å². The van der Waals surface area contributed by atoms with Gasteiger partial charge in [-0.1, -0.05) is 28.1 Å². The molecule has 0 atom stereocenters. The van der Waals surface area contributed by atoms with E-state index in [1.807, 2.05) is 30.3 Å². The highest BCUT2D eigenvalue weighted by atomic mass is 79.9. The molecule has 19 heavy (non-hydrogen) atoms. The lowest BCUT2D eigenvalue weighted by atomic mass is 10.3. The number of thioether (sulfide) groups is 1. The Kier molecular flexibility index (Phi) is 5.61. The molecule has 2 rings (SSSR count). The van der Waals surface area contributed by atoms with Crippen LogP contribution in [0.1, 0.15) is 0 Å². The number of methoxy groups -OCH3 is 1. The summed E-state index contributed by atoms with van der Waals surface area (Å²) in [5, 5.41) is 3.40. The minimum Gasteiger partial charge on any atom is -0.496 e. The number of halogens is 1. The fourth-order valence-corrected chi connectivity index (χ4v) is 2.82. The van der Waals surface area contributed by atoms with E-state index in [-0.39, 0.29) is 0 Å². The molecule has 2 aromatic rings. The molecule has 0 bridgehead atoms. The molecule has 2 nitrogen and oxygen atoms in total. The summed E-state index contributed by atoms with van der Waals surface area (Å²) in [4.78, 5) is 1.18. The zero-order valence-electron chi connectivity index (χ0n) is 10.7. The first-order valence-electron chi connectivity index (χ1n) is 6.05. The molecule has 0 unspecified atom stereocenters. The number of nitrogens with one attached hydrogen (secondary N) is 1. The van der Waals surface area contributed by atoms with Gasteiger partial charge in [-0.2, -0.15) is 0 Å². The van der Waals surface area contributed by atoms with E-state index in [4.69, 9.17) is 4.74 Å². The maximum atomic E-state index is 5.33. The summed E-state index contributed by atoms with van der Waals surface area (Å²) < 4.78 is 6.43. The molecule has 0 aliphatic carbocycles. The van der Waals surface area contributed by atoms with Gasteiger partial charge >= 0.3 is 0 Å². The second-order valence-electron chi connectivity index (χ2n) is 3.93.